The van der Waals surface area contributed by atoms with Crippen molar-refractivity contribution < 1.29 is 22.7 Å². The van der Waals surface area contributed by atoms with Crippen molar-refractivity contribution >= 4 is 28.8 Å². The van der Waals surface area contributed by atoms with Crippen LogP contribution < -0.4 is 20.9 Å². The number of likely N-dealkylation sites (tertiary alicyclic amines) is 1. The van der Waals surface area contributed by atoms with Crippen LogP contribution in [0.25, 0.3) is 0 Å². The molecule has 210 valence electrons. The molecule has 1 aliphatic heterocycles. The van der Waals surface area contributed by atoms with Gasteiger partial charge in [0.1, 0.15) is 11.5 Å². The third-order valence-electron chi connectivity index (χ3n) is 6.58. The number of nitrogens with zero attached hydrogens (tertiary/aromatic N) is 4. The van der Waals surface area contributed by atoms with Crippen LogP contribution in [0.1, 0.15) is 46.2 Å². The second kappa shape index (κ2) is 13.4. The summed E-state index contributed by atoms with van der Waals surface area (Å²) in [5, 5.41) is 13.9. The van der Waals surface area contributed by atoms with E-state index in [2.05, 4.69) is 20.6 Å². The normalized spacial score (nSPS) is 15.4. The number of aromatic nitrogens is 3. The SMILES string of the molecule is CNCn1ccnc(OCC2CCN(C(CNC(=O)c3c(F)cccc3Cl)c3scnc3C(F)F)CC2)c1=N. The smallest absolute Gasteiger partial charge is 0.281 e. The quantitative estimate of drug-likeness (QED) is 0.315. The Bertz CT molecular complexity index is 1310. The fourth-order valence-corrected chi connectivity index (χ4v) is 5.71. The second-order valence-corrected chi connectivity index (χ2v) is 10.4. The van der Waals surface area contributed by atoms with Gasteiger partial charge in [-0.1, -0.05) is 17.7 Å². The van der Waals surface area contributed by atoms with Crippen LogP contribution in [-0.4, -0.2) is 58.6 Å². The highest BCUT2D eigenvalue weighted by Gasteiger charge is 2.32. The molecule has 0 radical (unpaired) electrons. The molecule has 3 aromatic rings. The predicted octanol–water partition coefficient (Wildman–Crippen LogP) is 3.99. The number of piperidine rings is 1. The highest BCUT2D eigenvalue weighted by atomic mass is 35.5. The number of carbonyl (C=O) groups excluding carboxylic acids is 1. The van der Waals surface area contributed by atoms with E-state index in [1.807, 2.05) is 4.90 Å². The van der Waals surface area contributed by atoms with Gasteiger partial charge >= 0.3 is 0 Å². The standard InChI is InChI=1S/C25H29ClF3N7O2S/c1-31-13-36-10-7-32-25(23(36)30)38-12-15-5-8-35(9-6-15)18(21-20(22(28)29)34-14-39-21)11-33-24(37)19-16(26)3-2-4-17(19)27/h2-4,7,10,14-15,18,22,30-31H,5-6,8-9,11-13H2,1H3,(H,33,37). The molecule has 9 nitrogen and oxygen atoms in total. The molecule has 39 heavy (non-hydrogen) atoms. The molecule has 3 heterocycles. The maximum atomic E-state index is 14.3. The molecule has 1 atom stereocenters. The fourth-order valence-electron chi connectivity index (χ4n) is 4.53. The Kier molecular flexibility index (Phi) is 9.94. The topological polar surface area (TPSA) is 108 Å². The lowest BCUT2D eigenvalue weighted by molar-refractivity contribution is 0.0865. The van der Waals surface area contributed by atoms with Gasteiger partial charge in [-0.25, -0.2) is 23.1 Å². The van der Waals surface area contributed by atoms with Crippen molar-refractivity contribution in [1.29, 1.82) is 5.41 Å². The number of hydrogen-bond donors (Lipinski definition) is 3. The lowest BCUT2D eigenvalue weighted by atomic mass is 9.96. The molecule has 4 rings (SSSR count). The molecule has 1 saturated heterocycles. The lowest BCUT2D eigenvalue weighted by Gasteiger charge is -2.37. The van der Waals surface area contributed by atoms with E-state index < -0.39 is 24.2 Å². The number of nitrogens with one attached hydrogen (secondary N) is 3. The maximum Gasteiger partial charge on any atom is 0.281 e. The van der Waals surface area contributed by atoms with E-state index in [0.717, 1.165) is 17.4 Å². The number of rotatable bonds is 11. The van der Waals surface area contributed by atoms with Crippen LogP contribution in [0.15, 0.2) is 36.1 Å². The third kappa shape index (κ3) is 6.96. The lowest BCUT2D eigenvalue weighted by Crippen LogP contribution is -2.43. The van der Waals surface area contributed by atoms with Crippen LogP contribution in [0.4, 0.5) is 13.2 Å². The summed E-state index contributed by atoms with van der Waals surface area (Å²) in [6, 6.07) is 3.37. The Morgan fingerprint density at radius 1 is 1.31 bits per heavy atom. The fraction of sp³-hybridized carbons (Fsp3) is 0.440. The van der Waals surface area contributed by atoms with Crippen molar-refractivity contribution in [2.24, 2.45) is 5.92 Å². The van der Waals surface area contributed by atoms with E-state index in [1.165, 1.54) is 17.6 Å². The number of ether oxygens (including phenoxy) is 1. The minimum absolute atomic E-state index is 0.0197. The molecule has 0 bridgehead atoms. The second-order valence-electron chi connectivity index (χ2n) is 9.08. The third-order valence-corrected chi connectivity index (χ3v) is 7.84. The van der Waals surface area contributed by atoms with E-state index in [4.69, 9.17) is 21.7 Å². The van der Waals surface area contributed by atoms with Gasteiger partial charge in [0, 0.05) is 18.9 Å². The monoisotopic (exact) mass is 583 g/mol. The number of halogens is 4. The maximum absolute atomic E-state index is 14.3. The van der Waals surface area contributed by atoms with Crippen LogP contribution >= 0.6 is 22.9 Å². The minimum atomic E-state index is -2.76. The predicted molar refractivity (Wildman–Crippen MR) is 140 cm³/mol. The summed E-state index contributed by atoms with van der Waals surface area (Å²) in [5.74, 6) is -1.06. The van der Waals surface area contributed by atoms with Gasteiger partial charge in [-0.2, -0.15) is 0 Å². The largest absolute Gasteiger partial charge is 0.475 e. The Morgan fingerprint density at radius 3 is 2.77 bits per heavy atom. The summed E-state index contributed by atoms with van der Waals surface area (Å²) in [4.78, 5) is 23.2. The van der Waals surface area contributed by atoms with E-state index >= 15 is 0 Å². The van der Waals surface area contributed by atoms with E-state index in [1.54, 1.807) is 24.0 Å². The van der Waals surface area contributed by atoms with Crippen LogP contribution in [0, 0.1) is 17.1 Å². The Labute approximate surface area is 232 Å². The van der Waals surface area contributed by atoms with Gasteiger partial charge in [-0.05, 0) is 51.0 Å². The van der Waals surface area contributed by atoms with Crippen molar-refractivity contribution in [2.75, 3.05) is 33.3 Å². The van der Waals surface area contributed by atoms with E-state index in [-0.39, 0.29) is 40.1 Å². The molecular formula is C25H29ClF3N7O2S. The zero-order valence-corrected chi connectivity index (χ0v) is 22.7. The molecule has 2 aromatic heterocycles. The average molecular weight is 584 g/mol. The molecule has 0 aliphatic carbocycles. The molecule has 0 spiro atoms. The van der Waals surface area contributed by atoms with Crippen molar-refractivity contribution in [3.8, 4) is 5.88 Å². The number of thiazole rings is 1. The van der Waals surface area contributed by atoms with Crippen LogP contribution in [0.3, 0.4) is 0 Å². The van der Waals surface area contributed by atoms with Crippen LogP contribution in [0.2, 0.25) is 5.02 Å². The van der Waals surface area contributed by atoms with E-state index in [0.29, 0.717) is 44.1 Å². The van der Waals surface area contributed by atoms with Gasteiger partial charge in [0.15, 0.2) is 5.49 Å². The summed E-state index contributed by atoms with van der Waals surface area (Å²) in [6.45, 7) is 1.92. The Balaban J connectivity index is 1.42. The Hall–Kier alpha value is -3.00. The Morgan fingerprint density at radius 2 is 2.08 bits per heavy atom. The summed E-state index contributed by atoms with van der Waals surface area (Å²) >= 11 is 7.13. The van der Waals surface area contributed by atoms with Crippen LogP contribution in [-0.2, 0) is 6.67 Å². The minimum Gasteiger partial charge on any atom is -0.475 e. The highest BCUT2D eigenvalue weighted by Crippen LogP contribution is 2.35. The number of amides is 1. The molecule has 3 N–H and O–H groups in total. The van der Waals surface area contributed by atoms with Gasteiger partial charge in [0.25, 0.3) is 18.2 Å². The van der Waals surface area contributed by atoms with Gasteiger partial charge in [0.05, 0.1) is 40.3 Å². The molecular weight excluding hydrogens is 555 g/mol. The molecule has 1 aliphatic rings. The molecule has 1 unspecified atom stereocenters. The van der Waals surface area contributed by atoms with Gasteiger partial charge < -0.3 is 19.9 Å². The number of alkyl halides is 2. The number of hydrogen-bond acceptors (Lipinski definition) is 8. The molecule has 0 saturated carbocycles. The first kappa shape index (κ1) is 29.0. The summed E-state index contributed by atoms with van der Waals surface area (Å²) in [5.41, 5.74) is 0.930. The van der Waals surface area contributed by atoms with Crippen LogP contribution in [0.5, 0.6) is 5.88 Å². The molecule has 1 fully saturated rings. The first-order chi connectivity index (χ1) is 18.8. The molecule has 14 heteroatoms. The van der Waals surface area contributed by atoms with E-state index in [9.17, 15) is 18.0 Å². The van der Waals surface area contributed by atoms with Crippen molar-refractivity contribution in [3.63, 3.8) is 0 Å². The zero-order valence-electron chi connectivity index (χ0n) is 21.2. The number of benzene rings is 1. The average Bonchev–Trinajstić information content (AvgIpc) is 3.40. The van der Waals surface area contributed by atoms with Gasteiger partial charge in [0.2, 0.25) is 0 Å². The molecule has 1 amide bonds. The zero-order chi connectivity index (χ0) is 27.9. The van der Waals surface area contributed by atoms with Crippen molar-refractivity contribution in [2.45, 2.75) is 32.0 Å². The first-order valence-electron chi connectivity index (χ1n) is 12.3. The first-order valence-corrected chi connectivity index (χ1v) is 13.6. The summed E-state index contributed by atoms with van der Waals surface area (Å²) in [6.07, 6.45) is 1.93. The van der Waals surface area contributed by atoms with Crippen molar-refractivity contribution in [1.82, 2.24) is 30.1 Å². The van der Waals surface area contributed by atoms with Gasteiger partial charge in [-0.3, -0.25) is 15.1 Å². The summed E-state index contributed by atoms with van der Waals surface area (Å²) in [7, 11) is 1.78. The highest BCUT2D eigenvalue weighted by molar-refractivity contribution is 7.09. The van der Waals surface area contributed by atoms with Crippen molar-refractivity contribution in [3.05, 3.63) is 68.6 Å². The molecule has 1 aromatic carbocycles. The summed E-state index contributed by atoms with van der Waals surface area (Å²) < 4.78 is 49.2. The van der Waals surface area contributed by atoms with Gasteiger partial charge in [-0.15, -0.1) is 11.3 Å². The number of carbonyl (C=O) groups is 1.